The van der Waals surface area contributed by atoms with Gasteiger partial charge < -0.3 is 15.0 Å². The lowest BCUT2D eigenvalue weighted by Crippen LogP contribution is -3.19. The van der Waals surface area contributed by atoms with E-state index in [1.807, 2.05) is 37.3 Å². The van der Waals surface area contributed by atoms with Gasteiger partial charge in [0.05, 0.1) is 0 Å². The van der Waals surface area contributed by atoms with Crippen molar-refractivity contribution in [3.63, 3.8) is 0 Å². The van der Waals surface area contributed by atoms with Crippen molar-refractivity contribution in [2.24, 2.45) is 0 Å². The Bertz CT molecular complexity index is 411. The number of para-hydroxylation sites is 1. The first-order valence-corrected chi connectivity index (χ1v) is 6.92. The topological polar surface area (TPSA) is 42.8 Å². The fourth-order valence-electron chi connectivity index (χ4n) is 2.63. The highest BCUT2D eigenvalue weighted by Crippen LogP contribution is 2.05. The molecule has 1 amide bonds. The van der Waals surface area contributed by atoms with E-state index < -0.39 is 0 Å². The highest BCUT2D eigenvalue weighted by atomic mass is 16.5. The molecule has 1 heterocycles. The third kappa shape index (κ3) is 3.78. The van der Waals surface area contributed by atoms with Crippen molar-refractivity contribution in [1.29, 1.82) is 0 Å². The summed E-state index contributed by atoms with van der Waals surface area (Å²) in [5, 5.41) is 2.97. The van der Waals surface area contributed by atoms with E-state index in [0.29, 0.717) is 0 Å². The summed E-state index contributed by atoms with van der Waals surface area (Å²) < 4.78 is 5.71. The maximum absolute atomic E-state index is 12.3. The molecule has 19 heavy (non-hydrogen) atoms. The Morgan fingerprint density at radius 1 is 1.26 bits per heavy atom. The molecule has 4 heteroatoms. The van der Waals surface area contributed by atoms with Gasteiger partial charge in [0.2, 0.25) is 0 Å². The van der Waals surface area contributed by atoms with E-state index >= 15 is 0 Å². The Hall–Kier alpha value is -1.39. The van der Waals surface area contributed by atoms with E-state index in [1.165, 1.54) is 4.90 Å². The van der Waals surface area contributed by atoms with Crippen LogP contribution in [-0.4, -0.2) is 37.2 Å². The Morgan fingerprint density at radius 2 is 1.84 bits per heavy atom. The lowest BCUT2D eigenvalue weighted by atomic mass is 10.1. The quantitative estimate of drug-likeness (QED) is 0.843. The molecule has 0 unspecified atom stereocenters. The van der Waals surface area contributed by atoms with Gasteiger partial charge in [-0.25, -0.2) is 0 Å². The lowest BCUT2D eigenvalue weighted by Gasteiger charge is -2.35. The van der Waals surface area contributed by atoms with E-state index in [0.717, 1.165) is 18.8 Å². The molecule has 1 aliphatic heterocycles. The van der Waals surface area contributed by atoms with Gasteiger partial charge in [-0.2, -0.15) is 0 Å². The minimum absolute atomic E-state index is 0.0611. The fourth-order valence-corrected chi connectivity index (χ4v) is 2.63. The smallest absolute Gasteiger partial charge is 0.282 e. The number of hydrogen-bond donors (Lipinski definition) is 2. The molecule has 0 saturated carbocycles. The van der Waals surface area contributed by atoms with E-state index in [9.17, 15) is 4.79 Å². The summed E-state index contributed by atoms with van der Waals surface area (Å²) >= 11 is 0. The van der Waals surface area contributed by atoms with Crippen LogP contribution >= 0.6 is 0 Å². The van der Waals surface area contributed by atoms with Gasteiger partial charge in [0.15, 0.2) is 6.04 Å². The first-order chi connectivity index (χ1) is 9.06. The van der Waals surface area contributed by atoms with Crippen LogP contribution in [0.15, 0.2) is 30.3 Å². The third-order valence-electron chi connectivity index (χ3n) is 3.61. The highest BCUT2D eigenvalue weighted by molar-refractivity contribution is 5.93. The molecule has 0 spiro atoms. The van der Waals surface area contributed by atoms with Crippen LogP contribution in [0.3, 0.4) is 0 Å². The summed E-state index contributed by atoms with van der Waals surface area (Å²) in [6.45, 7) is 7.88. The Morgan fingerprint density at radius 3 is 2.42 bits per heavy atom. The number of anilines is 1. The van der Waals surface area contributed by atoms with Gasteiger partial charge in [-0.3, -0.25) is 4.79 Å². The number of ether oxygens (including phenoxy) is 1. The molecule has 1 aliphatic rings. The number of amides is 1. The van der Waals surface area contributed by atoms with Crippen LogP contribution in [0.2, 0.25) is 0 Å². The van der Waals surface area contributed by atoms with Gasteiger partial charge in [0.1, 0.15) is 25.3 Å². The molecule has 2 N–H and O–H groups in total. The second kappa shape index (κ2) is 6.17. The van der Waals surface area contributed by atoms with E-state index in [1.54, 1.807) is 0 Å². The van der Waals surface area contributed by atoms with E-state index in [2.05, 4.69) is 19.2 Å². The standard InChI is InChI=1S/C15H22N2O2/c1-11-9-17(10-12(2)19-11)13(3)15(18)16-14-7-5-4-6-8-14/h4-8,11-13H,9-10H2,1-3H3,(H,16,18)/p+1/t11-,12-,13+/m1/s1. The molecule has 1 fully saturated rings. The number of hydrogen-bond acceptors (Lipinski definition) is 2. The highest BCUT2D eigenvalue weighted by Gasteiger charge is 2.32. The summed E-state index contributed by atoms with van der Waals surface area (Å²) in [5.74, 6) is 0.0718. The SMILES string of the molecule is C[C@@H]1C[NH+]([C@@H](C)C(=O)Nc2ccccc2)C[C@@H](C)O1. The van der Waals surface area contributed by atoms with Crippen LogP contribution in [-0.2, 0) is 9.53 Å². The Kier molecular flexibility index (Phi) is 4.56. The summed E-state index contributed by atoms with van der Waals surface area (Å²) in [6.07, 6.45) is 0.427. The number of carbonyl (C=O) groups excluding carboxylic acids is 1. The molecule has 4 nitrogen and oxygen atoms in total. The molecule has 1 aromatic carbocycles. The number of quaternary nitrogens is 1. The summed E-state index contributed by atoms with van der Waals surface area (Å²) in [5.41, 5.74) is 0.855. The van der Waals surface area contributed by atoms with Crippen molar-refractivity contribution in [3.8, 4) is 0 Å². The van der Waals surface area contributed by atoms with Crippen LogP contribution in [0, 0.1) is 0 Å². The van der Waals surface area contributed by atoms with Crippen molar-refractivity contribution in [2.45, 2.75) is 39.0 Å². The van der Waals surface area contributed by atoms with Crippen LogP contribution in [0.4, 0.5) is 5.69 Å². The molecule has 1 aromatic rings. The average molecular weight is 263 g/mol. The van der Waals surface area contributed by atoms with Crippen molar-refractivity contribution in [1.82, 2.24) is 0 Å². The Labute approximate surface area is 114 Å². The van der Waals surface area contributed by atoms with Crippen LogP contribution in [0.5, 0.6) is 0 Å². The Balaban J connectivity index is 1.95. The largest absolute Gasteiger partial charge is 0.364 e. The van der Waals surface area contributed by atoms with Gasteiger partial charge in [-0.15, -0.1) is 0 Å². The van der Waals surface area contributed by atoms with Crippen molar-refractivity contribution < 1.29 is 14.4 Å². The molecule has 3 atom stereocenters. The minimum atomic E-state index is -0.0611. The zero-order valence-electron chi connectivity index (χ0n) is 11.8. The van der Waals surface area contributed by atoms with Crippen LogP contribution in [0.1, 0.15) is 20.8 Å². The van der Waals surface area contributed by atoms with E-state index in [4.69, 9.17) is 4.74 Å². The predicted molar refractivity (Wildman–Crippen MR) is 75.2 cm³/mol. The number of nitrogens with one attached hydrogen (secondary N) is 2. The second-order valence-corrected chi connectivity index (χ2v) is 5.40. The number of morpholine rings is 1. The van der Waals surface area contributed by atoms with Gasteiger partial charge in [-0.1, -0.05) is 18.2 Å². The normalized spacial score (nSPS) is 28.7. The summed E-state index contributed by atoms with van der Waals surface area (Å²) in [6, 6.07) is 9.54. The number of carbonyl (C=O) groups is 1. The first-order valence-electron chi connectivity index (χ1n) is 6.92. The molecular formula is C15H23N2O2+. The summed E-state index contributed by atoms with van der Waals surface area (Å²) in [7, 11) is 0. The van der Waals surface area contributed by atoms with Crippen molar-refractivity contribution in [3.05, 3.63) is 30.3 Å². The molecule has 104 valence electrons. The van der Waals surface area contributed by atoms with E-state index in [-0.39, 0.29) is 24.2 Å². The van der Waals surface area contributed by atoms with Crippen LogP contribution in [0.25, 0.3) is 0 Å². The molecule has 0 aliphatic carbocycles. The van der Waals surface area contributed by atoms with Gasteiger partial charge >= 0.3 is 0 Å². The van der Waals surface area contributed by atoms with Gasteiger partial charge in [0.25, 0.3) is 5.91 Å². The number of benzene rings is 1. The molecule has 0 bridgehead atoms. The first kappa shape index (κ1) is 14.0. The molecule has 0 aromatic heterocycles. The third-order valence-corrected chi connectivity index (χ3v) is 3.61. The molecule has 2 rings (SSSR count). The maximum atomic E-state index is 12.3. The summed E-state index contributed by atoms with van der Waals surface area (Å²) in [4.78, 5) is 13.5. The zero-order valence-corrected chi connectivity index (χ0v) is 11.8. The molecule has 1 saturated heterocycles. The molecular weight excluding hydrogens is 240 g/mol. The number of rotatable bonds is 3. The lowest BCUT2D eigenvalue weighted by molar-refractivity contribution is -0.928. The maximum Gasteiger partial charge on any atom is 0.282 e. The fraction of sp³-hybridized carbons (Fsp3) is 0.533. The van der Waals surface area contributed by atoms with Crippen molar-refractivity contribution >= 4 is 11.6 Å². The van der Waals surface area contributed by atoms with Gasteiger partial charge in [0, 0.05) is 5.69 Å². The van der Waals surface area contributed by atoms with Crippen LogP contribution < -0.4 is 10.2 Å². The predicted octanol–water partition coefficient (Wildman–Crippen LogP) is 0.706. The molecule has 0 radical (unpaired) electrons. The second-order valence-electron chi connectivity index (χ2n) is 5.40. The van der Waals surface area contributed by atoms with Gasteiger partial charge in [-0.05, 0) is 32.9 Å². The minimum Gasteiger partial charge on any atom is -0.364 e. The monoisotopic (exact) mass is 263 g/mol. The zero-order chi connectivity index (χ0) is 13.8. The average Bonchev–Trinajstić information content (AvgIpc) is 2.37. The van der Waals surface area contributed by atoms with Crippen molar-refractivity contribution in [2.75, 3.05) is 18.4 Å².